The van der Waals surface area contributed by atoms with Gasteiger partial charge >= 0.3 is 5.97 Å². The van der Waals surface area contributed by atoms with E-state index in [-0.39, 0.29) is 6.42 Å². The zero-order valence-electron chi connectivity index (χ0n) is 18.2. The summed E-state index contributed by atoms with van der Waals surface area (Å²) in [7, 11) is 0. The third kappa shape index (κ3) is 6.80. The third-order valence-corrected chi connectivity index (χ3v) is 5.99. The van der Waals surface area contributed by atoms with E-state index in [1.165, 1.54) is 0 Å². The molecule has 3 rings (SSSR count). The molecule has 7 nitrogen and oxygen atoms in total. The molecule has 2 N–H and O–H groups in total. The largest absolute Gasteiger partial charge is 0.456 e. The van der Waals surface area contributed by atoms with E-state index in [0.717, 1.165) is 19.3 Å². The Morgan fingerprint density at radius 1 is 1.03 bits per heavy atom. The first-order valence-electron chi connectivity index (χ1n) is 10.9. The summed E-state index contributed by atoms with van der Waals surface area (Å²) in [6.45, 7) is -0.484. The molecule has 0 saturated heterocycles. The van der Waals surface area contributed by atoms with Crippen LogP contribution in [0.1, 0.15) is 60.5 Å². The number of carbonyl (C=O) groups is 3. The van der Waals surface area contributed by atoms with Crippen LogP contribution in [0.2, 0.25) is 5.02 Å². The number of esters is 1. The SMILES string of the molecule is N#CC1(NC(=O)COC(=O)C[C@@H](NC(=O)c2ccccc2Cl)c2ccccc2)CCCCC1. The summed E-state index contributed by atoms with van der Waals surface area (Å²) in [6.07, 6.45) is 3.79. The highest BCUT2D eigenvalue weighted by Gasteiger charge is 2.33. The molecule has 1 fully saturated rings. The monoisotopic (exact) mass is 467 g/mol. The topological polar surface area (TPSA) is 108 Å². The highest BCUT2D eigenvalue weighted by atomic mass is 35.5. The molecule has 8 heteroatoms. The highest BCUT2D eigenvalue weighted by molar-refractivity contribution is 6.33. The second kappa shape index (κ2) is 11.5. The Hall–Kier alpha value is -3.37. The van der Waals surface area contributed by atoms with Gasteiger partial charge in [0.1, 0.15) is 5.54 Å². The van der Waals surface area contributed by atoms with Crippen LogP contribution < -0.4 is 10.6 Å². The second-order valence-corrected chi connectivity index (χ2v) is 8.49. The molecule has 1 aliphatic carbocycles. The molecule has 1 saturated carbocycles. The van der Waals surface area contributed by atoms with E-state index in [9.17, 15) is 19.6 Å². The number of hydrogen-bond acceptors (Lipinski definition) is 5. The Balaban J connectivity index is 1.61. The summed E-state index contributed by atoms with van der Waals surface area (Å²) >= 11 is 6.12. The van der Waals surface area contributed by atoms with Crippen molar-refractivity contribution in [1.82, 2.24) is 10.6 Å². The van der Waals surface area contributed by atoms with Crippen molar-refractivity contribution in [3.05, 3.63) is 70.7 Å². The van der Waals surface area contributed by atoms with Crippen molar-refractivity contribution in [2.45, 2.75) is 50.1 Å². The van der Waals surface area contributed by atoms with Gasteiger partial charge in [0.25, 0.3) is 11.8 Å². The van der Waals surface area contributed by atoms with E-state index < -0.39 is 36.0 Å². The van der Waals surface area contributed by atoms with Crippen molar-refractivity contribution >= 4 is 29.4 Å². The first-order valence-corrected chi connectivity index (χ1v) is 11.3. The van der Waals surface area contributed by atoms with Gasteiger partial charge in [-0.25, -0.2) is 0 Å². The van der Waals surface area contributed by atoms with Crippen LogP contribution in [0.4, 0.5) is 0 Å². The minimum absolute atomic E-state index is 0.170. The van der Waals surface area contributed by atoms with Crippen molar-refractivity contribution in [2.24, 2.45) is 0 Å². The number of nitrogens with one attached hydrogen (secondary N) is 2. The molecule has 0 aliphatic heterocycles. The van der Waals surface area contributed by atoms with E-state index in [2.05, 4.69) is 16.7 Å². The van der Waals surface area contributed by atoms with Gasteiger partial charge < -0.3 is 15.4 Å². The van der Waals surface area contributed by atoms with Crippen LogP contribution in [0.25, 0.3) is 0 Å². The van der Waals surface area contributed by atoms with Crippen molar-refractivity contribution in [3.63, 3.8) is 0 Å². The highest BCUT2D eigenvalue weighted by Crippen LogP contribution is 2.27. The molecule has 1 atom stereocenters. The molecule has 0 unspecified atom stereocenters. The van der Waals surface area contributed by atoms with Crippen LogP contribution in [0.5, 0.6) is 0 Å². The lowest BCUT2D eigenvalue weighted by atomic mass is 9.83. The maximum atomic E-state index is 12.7. The fourth-order valence-corrected chi connectivity index (χ4v) is 4.14. The van der Waals surface area contributed by atoms with Crippen molar-refractivity contribution in [2.75, 3.05) is 6.61 Å². The quantitative estimate of drug-likeness (QED) is 0.568. The van der Waals surface area contributed by atoms with Crippen molar-refractivity contribution in [1.29, 1.82) is 5.26 Å². The van der Waals surface area contributed by atoms with Gasteiger partial charge in [-0.1, -0.05) is 73.3 Å². The van der Waals surface area contributed by atoms with E-state index in [1.54, 1.807) is 48.5 Å². The fraction of sp³-hybridized carbons (Fsp3) is 0.360. The minimum atomic E-state index is -0.892. The van der Waals surface area contributed by atoms with Crippen LogP contribution in [0, 0.1) is 11.3 Å². The van der Waals surface area contributed by atoms with Gasteiger partial charge in [-0.3, -0.25) is 14.4 Å². The summed E-state index contributed by atoms with van der Waals surface area (Å²) in [6, 6.07) is 17.2. The minimum Gasteiger partial charge on any atom is -0.456 e. The standard InChI is InChI=1S/C25H26ClN3O4/c26-20-12-6-5-11-19(20)24(32)28-21(18-9-3-1-4-10-18)15-23(31)33-16-22(30)29-25(17-27)13-7-2-8-14-25/h1,3-6,9-12,21H,2,7-8,13-16H2,(H,28,32)(H,29,30)/t21-/m1/s1. The molecule has 0 spiro atoms. The maximum Gasteiger partial charge on any atom is 0.308 e. The lowest BCUT2D eigenvalue weighted by Crippen LogP contribution is -2.50. The molecule has 33 heavy (non-hydrogen) atoms. The van der Waals surface area contributed by atoms with Crippen LogP contribution in [0.15, 0.2) is 54.6 Å². The van der Waals surface area contributed by atoms with Crippen molar-refractivity contribution < 1.29 is 19.1 Å². The average molecular weight is 468 g/mol. The molecule has 0 heterocycles. The molecule has 172 valence electrons. The zero-order chi connectivity index (χ0) is 23.7. The Labute approximate surface area is 198 Å². The maximum absolute atomic E-state index is 12.7. The van der Waals surface area contributed by atoms with Gasteiger partial charge in [0.2, 0.25) is 0 Å². The van der Waals surface area contributed by atoms with Crippen LogP contribution in [-0.4, -0.2) is 29.9 Å². The predicted octanol–water partition coefficient (Wildman–Crippen LogP) is 4.09. The van der Waals surface area contributed by atoms with E-state index in [1.807, 2.05) is 6.07 Å². The number of carbonyl (C=O) groups excluding carboxylic acids is 3. The summed E-state index contributed by atoms with van der Waals surface area (Å²) in [4.78, 5) is 37.6. The lowest BCUT2D eigenvalue weighted by Gasteiger charge is -2.31. The molecular weight excluding hydrogens is 442 g/mol. The Bertz CT molecular complexity index is 1030. The summed E-state index contributed by atoms with van der Waals surface area (Å²) in [5, 5.41) is 15.3. The number of ether oxygens (including phenoxy) is 1. The molecule has 1 aliphatic rings. The third-order valence-electron chi connectivity index (χ3n) is 5.66. The van der Waals surface area contributed by atoms with Gasteiger partial charge in [-0.05, 0) is 30.5 Å². The number of halogens is 1. The summed E-state index contributed by atoms with van der Waals surface area (Å²) in [5.41, 5.74) is 0.115. The Kier molecular flexibility index (Phi) is 8.45. The molecule has 0 bridgehead atoms. The number of nitriles is 1. The van der Waals surface area contributed by atoms with E-state index in [4.69, 9.17) is 16.3 Å². The predicted molar refractivity (Wildman–Crippen MR) is 123 cm³/mol. The van der Waals surface area contributed by atoms with E-state index >= 15 is 0 Å². The van der Waals surface area contributed by atoms with Gasteiger partial charge in [0.15, 0.2) is 6.61 Å². The average Bonchev–Trinajstić information content (AvgIpc) is 2.83. The smallest absolute Gasteiger partial charge is 0.308 e. The van der Waals surface area contributed by atoms with Gasteiger partial charge in [0.05, 0.1) is 29.1 Å². The first kappa shape index (κ1) is 24.3. The van der Waals surface area contributed by atoms with Gasteiger partial charge in [-0.15, -0.1) is 0 Å². The first-order chi connectivity index (χ1) is 15.9. The van der Waals surface area contributed by atoms with Gasteiger partial charge in [-0.2, -0.15) is 5.26 Å². The number of rotatable bonds is 8. The number of benzene rings is 2. The molecular formula is C25H26ClN3O4. The summed E-state index contributed by atoms with van der Waals surface area (Å²) in [5.74, 6) is -1.58. The number of hydrogen-bond donors (Lipinski definition) is 2. The molecule has 2 aromatic rings. The number of amides is 2. The molecule has 2 aromatic carbocycles. The van der Waals surface area contributed by atoms with Crippen LogP contribution in [-0.2, 0) is 14.3 Å². The van der Waals surface area contributed by atoms with Crippen molar-refractivity contribution in [3.8, 4) is 6.07 Å². The fourth-order valence-electron chi connectivity index (χ4n) is 3.91. The van der Waals surface area contributed by atoms with Crippen LogP contribution >= 0.6 is 11.6 Å². The molecule has 2 amide bonds. The van der Waals surface area contributed by atoms with Crippen LogP contribution in [0.3, 0.4) is 0 Å². The number of nitrogens with zero attached hydrogens (tertiary/aromatic N) is 1. The summed E-state index contributed by atoms with van der Waals surface area (Å²) < 4.78 is 5.16. The zero-order valence-corrected chi connectivity index (χ0v) is 18.9. The lowest BCUT2D eigenvalue weighted by molar-refractivity contribution is -0.149. The van der Waals surface area contributed by atoms with E-state index in [0.29, 0.717) is 29.0 Å². The van der Waals surface area contributed by atoms with Gasteiger partial charge in [0, 0.05) is 0 Å². The second-order valence-electron chi connectivity index (χ2n) is 8.08. The molecule has 0 aromatic heterocycles. The normalized spacial score (nSPS) is 15.5. The Morgan fingerprint density at radius 2 is 1.70 bits per heavy atom. The molecule has 0 radical (unpaired) electrons. The Morgan fingerprint density at radius 3 is 2.36 bits per heavy atom.